The monoisotopic (exact) mass is 232 g/mol. The topological polar surface area (TPSA) is 49.7 Å². The summed E-state index contributed by atoms with van der Waals surface area (Å²) in [5, 5.41) is 0. The summed E-state index contributed by atoms with van der Waals surface area (Å²) in [6.45, 7) is 2.69. The van der Waals surface area contributed by atoms with Crippen molar-refractivity contribution in [3.8, 4) is 0 Å². The Labute approximate surface area is 112 Å². The molecule has 0 fully saturated rings. The molecule has 0 aromatic heterocycles. The van der Waals surface area contributed by atoms with E-state index in [2.05, 4.69) is 11.4 Å². The SMILES string of the molecule is CCCCCCCCCOP(O)O.[H-].[Na+]. The summed E-state index contributed by atoms with van der Waals surface area (Å²) in [7, 11) is -2.13. The second-order valence-corrected chi connectivity index (χ2v) is 3.97. The number of rotatable bonds is 9. The van der Waals surface area contributed by atoms with Crippen LogP contribution in [0.3, 0.4) is 0 Å². The van der Waals surface area contributed by atoms with Crippen LogP contribution in [0.1, 0.15) is 53.3 Å². The van der Waals surface area contributed by atoms with Crippen LogP contribution < -0.4 is 29.6 Å². The van der Waals surface area contributed by atoms with E-state index in [0.29, 0.717) is 6.61 Å². The summed E-state index contributed by atoms with van der Waals surface area (Å²) in [5.74, 6) is 0. The van der Waals surface area contributed by atoms with Gasteiger partial charge >= 0.3 is 38.2 Å². The van der Waals surface area contributed by atoms with Crippen molar-refractivity contribution >= 4 is 8.60 Å². The summed E-state index contributed by atoms with van der Waals surface area (Å²) in [6, 6.07) is 0. The van der Waals surface area contributed by atoms with Crippen molar-refractivity contribution in [3.63, 3.8) is 0 Å². The first-order valence-corrected chi connectivity index (χ1v) is 6.24. The molecule has 0 amide bonds. The van der Waals surface area contributed by atoms with Gasteiger partial charge in [0.2, 0.25) is 0 Å². The molecule has 0 aliphatic rings. The van der Waals surface area contributed by atoms with Gasteiger partial charge in [0.25, 0.3) is 0 Å². The molecule has 0 aliphatic carbocycles. The Morgan fingerprint density at radius 1 is 1.00 bits per heavy atom. The molecule has 3 nitrogen and oxygen atoms in total. The van der Waals surface area contributed by atoms with Crippen LogP contribution in [-0.4, -0.2) is 16.4 Å². The third-order valence-corrected chi connectivity index (χ3v) is 2.37. The summed E-state index contributed by atoms with van der Waals surface area (Å²) in [6.07, 6.45) is 8.53. The van der Waals surface area contributed by atoms with Gasteiger partial charge in [0.15, 0.2) is 0 Å². The molecule has 0 radical (unpaired) electrons. The Bertz CT molecular complexity index is 109. The number of unbranched alkanes of at least 4 members (excludes halogenated alkanes) is 6. The molecule has 0 aliphatic heterocycles. The third kappa shape index (κ3) is 15.8. The fraction of sp³-hybridized carbons (Fsp3) is 1.00. The van der Waals surface area contributed by atoms with Crippen molar-refractivity contribution in [2.24, 2.45) is 0 Å². The van der Waals surface area contributed by atoms with Crippen LogP contribution in [-0.2, 0) is 4.52 Å². The quantitative estimate of drug-likeness (QED) is 0.336. The minimum Gasteiger partial charge on any atom is -1.00 e. The first kappa shape index (κ1) is 17.7. The molecule has 0 bridgehead atoms. The van der Waals surface area contributed by atoms with Crippen LogP contribution in [0.2, 0.25) is 0 Å². The van der Waals surface area contributed by atoms with Crippen molar-refractivity contribution in [1.82, 2.24) is 0 Å². The molecular formula is C9H22NaO3P. The molecule has 0 atom stereocenters. The second kappa shape index (κ2) is 14.3. The van der Waals surface area contributed by atoms with Gasteiger partial charge in [0.1, 0.15) is 0 Å². The Kier molecular flexibility index (Phi) is 18.1. The molecule has 0 saturated carbocycles. The van der Waals surface area contributed by atoms with Crippen molar-refractivity contribution in [2.45, 2.75) is 51.9 Å². The van der Waals surface area contributed by atoms with Crippen molar-refractivity contribution in [1.29, 1.82) is 0 Å². The van der Waals surface area contributed by atoms with E-state index in [1.54, 1.807) is 0 Å². The molecule has 0 saturated heterocycles. The van der Waals surface area contributed by atoms with Crippen molar-refractivity contribution in [2.75, 3.05) is 6.61 Å². The summed E-state index contributed by atoms with van der Waals surface area (Å²) < 4.78 is 4.65. The molecule has 0 heterocycles. The van der Waals surface area contributed by atoms with Gasteiger partial charge in [-0.3, -0.25) is 0 Å². The standard InChI is InChI=1S/C9H21O3P.Na.H/c1-2-3-4-5-6-7-8-9-12-13(10)11;;/h10-11H,2-9H2,1H3;;/q;+1;-1. The summed E-state index contributed by atoms with van der Waals surface area (Å²) >= 11 is 0. The fourth-order valence-electron chi connectivity index (χ4n) is 1.21. The first-order valence-electron chi connectivity index (χ1n) is 5.08. The number of hydrogen-bond donors (Lipinski definition) is 2. The predicted molar refractivity (Wildman–Crippen MR) is 56.4 cm³/mol. The smallest absolute Gasteiger partial charge is 1.00 e. The average Bonchev–Trinajstić information content (AvgIpc) is 2.09. The van der Waals surface area contributed by atoms with E-state index >= 15 is 0 Å². The Morgan fingerprint density at radius 2 is 1.50 bits per heavy atom. The minimum absolute atomic E-state index is 0. The molecular weight excluding hydrogens is 210 g/mol. The van der Waals surface area contributed by atoms with Gasteiger partial charge in [-0.1, -0.05) is 45.4 Å². The van der Waals surface area contributed by atoms with E-state index in [1.807, 2.05) is 0 Å². The van der Waals surface area contributed by atoms with Crippen LogP contribution in [0.25, 0.3) is 0 Å². The molecule has 0 unspecified atom stereocenters. The van der Waals surface area contributed by atoms with E-state index in [1.165, 1.54) is 32.1 Å². The van der Waals surface area contributed by atoms with Gasteiger partial charge in [-0.25, -0.2) is 0 Å². The van der Waals surface area contributed by atoms with Gasteiger partial charge in [0.05, 0.1) is 6.61 Å². The van der Waals surface area contributed by atoms with Crippen molar-refractivity contribution < 1.29 is 45.3 Å². The Morgan fingerprint density at radius 3 is 2.00 bits per heavy atom. The third-order valence-electron chi connectivity index (χ3n) is 1.95. The van der Waals surface area contributed by atoms with Gasteiger partial charge in [-0.2, -0.15) is 0 Å². The largest absolute Gasteiger partial charge is 1.00 e. The zero-order chi connectivity index (χ0) is 9.94. The fourth-order valence-corrected chi connectivity index (χ4v) is 1.50. The average molecular weight is 232 g/mol. The first-order chi connectivity index (χ1) is 6.27. The van der Waals surface area contributed by atoms with Crippen LogP contribution >= 0.6 is 8.60 Å². The summed E-state index contributed by atoms with van der Waals surface area (Å²) in [5.41, 5.74) is 0. The maximum absolute atomic E-state index is 8.42. The van der Waals surface area contributed by atoms with E-state index in [9.17, 15) is 0 Å². The maximum atomic E-state index is 8.42. The van der Waals surface area contributed by atoms with Crippen LogP contribution in [0.15, 0.2) is 0 Å². The van der Waals surface area contributed by atoms with Gasteiger partial charge in [0, 0.05) is 0 Å². The number of hydrogen-bond acceptors (Lipinski definition) is 3. The molecule has 0 spiro atoms. The van der Waals surface area contributed by atoms with Gasteiger partial charge < -0.3 is 15.7 Å². The van der Waals surface area contributed by atoms with E-state index in [-0.39, 0.29) is 31.0 Å². The van der Waals surface area contributed by atoms with Gasteiger partial charge in [-0.05, 0) is 6.42 Å². The van der Waals surface area contributed by atoms with E-state index in [4.69, 9.17) is 9.79 Å². The zero-order valence-electron chi connectivity index (χ0n) is 10.4. The molecule has 0 aromatic carbocycles. The van der Waals surface area contributed by atoms with Crippen LogP contribution in [0.4, 0.5) is 0 Å². The molecule has 0 rings (SSSR count). The molecule has 14 heavy (non-hydrogen) atoms. The molecule has 2 N–H and O–H groups in total. The molecule has 0 aromatic rings. The van der Waals surface area contributed by atoms with Crippen molar-refractivity contribution in [3.05, 3.63) is 0 Å². The second-order valence-electron chi connectivity index (χ2n) is 3.21. The van der Waals surface area contributed by atoms with Crippen LogP contribution in [0.5, 0.6) is 0 Å². The minimum atomic E-state index is -2.13. The van der Waals surface area contributed by atoms with E-state index < -0.39 is 8.60 Å². The Hall–Kier alpha value is 1.31. The van der Waals surface area contributed by atoms with Crippen LogP contribution in [0, 0.1) is 0 Å². The molecule has 82 valence electrons. The maximum Gasteiger partial charge on any atom is 1.00 e. The Balaban J connectivity index is -0.000000720. The van der Waals surface area contributed by atoms with E-state index in [0.717, 1.165) is 12.8 Å². The summed E-state index contributed by atoms with van der Waals surface area (Å²) in [4.78, 5) is 16.8. The normalized spacial score (nSPS) is 10.3. The predicted octanol–water partition coefficient (Wildman–Crippen LogP) is 0.0816. The van der Waals surface area contributed by atoms with Gasteiger partial charge in [-0.15, -0.1) is 0 Å². The zero-order valence-corrected chi connectivity index (χ0v) is 12.3. The molecule has 5 heteroatoms.